The van der Waals surface area contributed by atoms with Crippen LogP contribution in [-0.2, 0) is 9.59 Å². The summed E-state index contributed by atoms with van der Waals surface area (Å²) < 4.78 is 15.4. The van der Waals surface area contributed by atoms with E-state index < -0.39 is 52.6 Å². The number of carbonyl (C=O) groups excluding carboxylic acids is 2. The lowest BCUT2D eigenvalue weighted by atomic mass is 9.42. The minimum atomic E-state index is -1.78. The average Bonchev–Trinajstić information content (AvgIpc) is 2.89. The minimum absolute atomic E-state index is 0.00471. The van der Waals surface area contributed by atoms with Crippen LogP contribution in [0.25, 0.3) is 0 Å². The highest BCUT2D eigenvalue weighted by atomic mass is 19.1. The van der Waals surface area contributed by atoms with E-state index in [9.17, 15) is 30.0 Å². The van der Waals surface area contributed by atoms with Gasteiger partial charge in [-0.25, -0.2) is 4.39 Å². The lowest BCUT2D eigenvalue weighted by Gasteiger charge is -2.65. The summed E-state index contributed by atoms with van der Waals surface area (Å²) in [5, 5.41) is 42.9. The van der Waals surface area contributed by atoms with Gasteiger partial charge in [0.15, 0.2) is 5.78 Å². The van der Waals surface area contributed by atoms with Gasteiger partial charge in [0.1, 0.15) is 29.8 Å². The fraction of sp³-hybridized carbons (Fsp3) is 0.905. The molecule has 158 valence electrons. The number of carbonyl (C=O) groups is 2. The zero-order chi connectivity index (χ0) is 20.7. The number of hydrogen-bond acceptors (Lipinski definition) is 6. The second kappa shape index (κ2) is 6.06. The summed E-state index contributed by atoms with van der Waals surface area (Å²) in [6.07, 6.45) is -1.33. The van der Waals surface area contributed by atoms with E-state index in [1.807, 2.05) is 0 Å². The molecule has 4 rings (SSSR count). The van der Waals surface area contributed by atoms with Crippen molar-refractivity contribution in [2.24, 2.45) is 28.6 Å². The molecule has 4 fully saturated rings. The van der Waals surface area contributed by atoms with Crippen LogP contribution in [0.1, 0.15) is 58.8 Å². The molecule has 3 unspecified atom stereocenters. The third-order valence-corrected chi connectivity index (χ3v) is 9.32. The minimum Gasteiger partial charge on any atom is -0.393 e. The fourth-order valence-corrected chi connectivity index (χ4v) is 7.74. The first-order valence-electron chi connectivity index (χ1n) is 10.4. The average molecular weight is 398 g/mol. The number of aliphatic hydroxyl groups is 4. The summed E-state index contributed by atoms with van der Waals surface area (Å²) in [5.41, 5.74) is -5.41. The fourth-order valence-electron chi connectivity index (χ4n) is 7.74. The quantitative estimate of drug-likeness (QED) is 0.550. The smallest absolute Gasteiger partial charge is 0.190 e. The molecule has 0 aromatic heterocycles. The number of hydrogen-bond donors (Lipinski definition) is 4. The van der Waals surface area contributed by atoms with Crippen LogP contribution < -0.4 is 0 Å². The van der Waals surface area contributed by atoms with E-state index in [0.29, 0.717) is 12.8 Å². The van der Waals surface area contributed by atoms with Gasteiger partial charge < -0.3 is 20.4 Å². The van der Waals surface area contributed by atoms with Crippen molar-refractivity contribution in [3.05, 3.63) is 0 Å². The second-order valence-corrected chi connectivity index (χ2v) is 10.2. The van der Waals surface area contributed by atoms with E-state index in [4.69, 9.17) is 0 Å². The van der Waals surface area contributed by atoms with Crippen LogP contribution in [0.15, 0.2) is 0 Å². The maximum atomic E-state index is 15.4. The van der Waals surface area contributed by atoms with Crippen molar-refractivity contribution in [3.8, 4) is 0 Å². The van der Waals surface area contributed by atoms with Gasteiger partial charge in [-0.2, -0.15) is 0 Å². The van der Waals surface area contributed by atoms with Crippen LogP contribution in [0.4, 0.5) is 4.39 Å². The Hall–Kier alpha value is -0.890. The molecule has 0 aromatic carbocycles. The van der Waals surface area contributed by atoms with E-state index in [1.54, 1.807) is 13.8 Å². The van der Waals surface area contributed by atoms with Gasteiger partial charge in [0.05, 0.1) is 6.10 Å². The molecule has 0 bridgehead atoms. The van der Waals surface area contributed by atoms with Crippen molar-refractivity contribution in [1.29, 1.82) is 0 Å². The van der Waals surface area contributed by atoms with Crippen molar-refractivity contribution in [2.75, 3.05) is 6.61 Å². The van der Waals surface area contributed by atoms with Gasteiger partial charge in [0.25, 0.3) is 0 Å². The first-order valence-corrected chi connectivity index (χ1v) is 10.4. The molecule has 28 heavy (non-hydrogen) atoms. The lowest BCUT2D eigenvalue weighted by Crippen LogP contribution is -2.71. The Bertz CT molecular complexity index is 713. The van der Waals surface area contributed by atoms with Crippen molar-refractivity contribution in [2.45, 2.75) is 82.3 Å². The molecule has 0 aromatic rings. The number of aliphatic hydroxyl groups excluding tert-OH is 2. The van der Waals surface area contributed by atoms with E-state index in [1.165, 1.54) is 0 Å². The van der Waals surface area contributed by atoms with Gasteiger partial charge >= 0.3 is 0 Å². The second-order valence-electron chi connectivity index (χ2n) is 10.2. The molecule has 0 saturated heterocycles. The molecule has 0 aliphatic heterocycles. The number of alkyl halides is 1. The van der Waals surface area contributed by atoms with Crippen molar-refractivity contribution >= 4 is 11.6 Å². The maximum absolute atomic E-state index is 15.4. The zero-order valence-electron chi connectivity index (χ0n) is 16.5. The molecular weight excluding hydrogens is 367 g/mol. The Morgan fingerprint density at radius 1 is 1.21 bits per heavy atom. The summed E-state index contributed by atoms with van der Waals surface area (Å²) >= 11 is 0. The molecule has 4 aliphatic carbocycles. The zero-order valence-corrected chi connectivity index (χ0v) is 16.5. The number of ketones is 2. The molecule has 4 aliphatic rings. The Morgan fingerprint density at radius 2 is 1.89 bits per heavy atom. The third-order valence-electron chi connectivity index (χ3n) is 9.32. The molecule has 0 radical (unpaired) electrons. The highest BCUT2D eigenvalue weighted by Gasteiger charge is 2.73. The topological polar surface area (TPSA) is 115 Å². The molecule has 6 nitrogen and oxygen atoms in total. The van der Waals surface area contributed by atoms with Crippen LogP contribution in [0, 0.1) is 28.6 Å². The van der Waals surface area contributed by atoms with Crippen molar-refractivity contribution < 1.29 is 34.4 Å². The summed E-state index contributed by atoms with van der Waals surface area (Å²) in [7, 11) is 0. The molecular formula is C21H31FO6. The molecule has 9 atom stereocenters. The highest BCUT2D eigenvalue weighted by molar-refractivity contribution is 5.89. The van der Waals surface area contributed by atoms with Crippen LogP contribution >= 0.6 is 0 Å². The Morgan fingerprint density at radius 3 is 2.54 bits per heavy atom. The van der Waals surface area contributed by atoms with Gasteiger partial charge in [-0.05, 0) is 49.9 Å². The normalized spacial score (nSPS) is 56.0. The highest BCUT2D eigenvalue weighted by Crippen LogP contribution is 2.69. The van der Waals surface area contributed by atoms with E-state index in [2.05, 4.69) is 0 Å². The first kappa shape index (κ1) is 20.4. The molecule has 0 heterocycles. The summed E-state index contributed by atoms with van der Waals surface area (Å²) in [4.78, 5) is 24.4. The van der Waals surface area contributed by atoms with Crippen LogP contribution in [-0.4, -0.2) is 62.1 Å². The van der Waals surface area contributed by atoms with Crippen molar-refractivity contribution in [1.82, 2.24) is 0 Å². The van der Waals surface area contributed by atoms with Gasteiger partial charge in [-0.3, -0.25) is 9.59 Å². The predicted molar refractivity (Wildman–Crippen MR) is 96.9 cm³/mol. The van der Waals surface area contributed by atoms with E-state index in [-0.39, 0.29) is 49.7 Å². The summed E-state index contributed by atoms with van der Waals surface area (Å²) in [6.45, 7) is 2.78. The van der Waals surface area contributed by atoms with Gasteiger partial charge in [0, 0.05) is 23.7 Å². The predicted octanol–water partition coefficient (Wildman–Crippen LogP) is 0.924. The van der Waals surface area contributed by atoms with Gasteiger partial charge in [0.2, 0.25) is 0 Å². The SMILES string of the molecule is C[C@]12CC(O)[C@H]3[C@@H](CC(F)C4(O)CC(=O)CC[C@]34C)[C@@H]1CC[C@]2(O)C(=O)CO. The summed E-state index contributed by atoms with van der Waals surface area (Å²) in [6, 6.07) is 0. The molecule has 4 N–H and O–H groups in total. The van der Waals surface area contributed by atoms with E-state index >= 15 is 4.39 Å². The lowest BCUT2D eigenvalue weighted by molar-refractivity contribution is -0.261. The van der Waals surface area contributed by atoms with Crippen LogP contribution in [0.2, 0.25) is 0 Å². The first-order chi connectivity index (χ1) is 12.9. The number of rotatable bonds is 2. The number of fused-ring (bicyclic) bond motifs is 5. The molecule has 0 amide bonds. The van der Waals surface area contributed by atoms with Gasteiger partial charge in [-0.15, -0.1) is 0 Å². The van der Waals surface area contributed by atoms with Gasteiger partial charge in [-0.1, -0.05) is 13.8 Å². The van der Waals surface area contributed by atoms with Crippen molar-refractivity contribution in [3.63, 3.8) is 0 Å². The molecule has 0 spiro atoms. The molecule has 7 heteroatoms. The Kier molecular flexibility index (Phi) is 4.41. The molecule has 4 saturated carbocycles. The standard InChI is InChI=1S/C21H31FO6/c1-18-5-3-11(24)8-21(18,28)15(22)7-12-13-4-6-20(27,16(26)10-23)19(13,2)9-14(25)17(12)18/h12-15,17,23,25,27-28H,3-10H2,1-2H3/t12-,13-,14?,15?,17+,18+,19-,20-,21?/m0/s1. The Balaban J connectivity index is 1.77. The Labute approximate surface area is 164 Å². The van der Waals surface area contributed by atoms with Crippen LogP contribution in [0.3, 0.4) is 0 Å². The number of Topliss-reactive ketones (excluding diaryl/α,β-unsaturated/α-hetero) is 2. The van der Waals surface area contributed by atoms with E-state index in [0.717, 1.165) is 0 Å². The maximum Gasteiger partial charge on any atom is 0.190 e. The largest absolute Gasteiger partial charge is 0.393 e. The number of halogens is 1. The summed E-state index contributed by atoms with van der Waals surface area (Å²) in [5.74, 6) is -1.70. The monoisotopic (exact) mass is 398 g/mol. The van der Waals surface area contributed by atoms with Crippen LogP contribution in [0.5, 0.6) is 0 Å². The third kappa shape index (κ3) is 2.22.